The molecule has 2 bridgehead atoms. The minimum atomic E-state index is -0.646. The van der Waals surface area contributed by atoms with Gasteiger partial charge in [-0.05, 0) is 50.5 Å². The Kier molecular flexibility index (Phi) is 3.90. The molecular formula is C22H29N7O. The lowest BCUT2D eigenvalue weighted by Gasteiger charge is -2.27. The Hall–Kier alpha value is -2.32. The molecule has 2 unspecified atom stereocenters. The van der Waals surface area contributed by atoms with Crippen LogP contribution in [0.2, 0.25) is 0 Å². The van der Waals surface area contributed by atoms with Gasteiger partial charge in [0.1, 0.15) is 0 Å². The second-order valence-corrected chi connectivity index (χ2v) is 10.3. The number of rotatable bonds is 5. The van der Waals surface area contributed by atoms with E-state index < -0.39 is 5.60 Å². The van der Waals surface area contributed by atoms with Crippen LogP contribution in [0.25, 0.3) is 11.3 Å². The Morgan fingerprint density at radius 3 is 2.40 bits per heavy atom. The fourth-order valence-electron chi connectivity index (χ4n) is 5.88. The molecule has 3 saturated heterocycles. The van der Waals surface area contributed by atoms with E-state index in [-0.39, 0.29) is 5.95 Å². The lowest BCUT2D eigenvalue weighted by Crippen LogP contribution is -2.38. The summed E-state index contributed by atoms with van der Waals surface area (Å²) in [7, 11) is 0. The molecule has 3 aliphatic heterocycles. The van der Waals surface area contributed by atoms with Gasteiger partial charge < -0.3 is 15.7 Å². The van der Waals surface area contributed by atoms with Gasteiger partial charge in [-0.25, -0.2) is 19.9 Å². The van der Waals surface area contributed by atoms with Gasteiger partial charge in [0.15, 0.2) is 0 Å². The number of anilines is 2. The summed E-state index contributed by atoms with van der Waals surface area (Å²) in [4.78, 5) is 23.1. The molecule has 3 N–H and O–H groups in total. The molecule has 2 atom stereocenters. The zero-order valence-corrected chi connectivity index (χ0v) is 17.6. The van der Waals surface area contributed by atoms with Crippen LogP contribution in [0.5, 0.6) is 0 Å². The van der Waals surface area contributed by atoms with E-state index >= 15 is 0 Å². The van der Waals surface area contributed by atoms with E-state index in [1.807, 2.05) is 13.8 Å². The first-order valence-electron chi connectivity index (χ1n) is 11.0. The summed E-state index contributed by atoms with van der Waals surface area (Å²) in [5, 5.41) is 10.1. The molecule has 2 aromatic rings. The average Bonchev–Trinajstić information content (AvgIpc) is 3.06. The molecule has 0 amide bonds. The summed E-state index contributed by atoms with van der Waals surface area (Å²) in [6.45, 7) is 7.64. The molecule has 5 aliphatic rings. The van der Waals surface area contributed by atoms with Crippen molar-refractivity contribution in [2.45, 2.75) is 44.2 Å². The van der Waals surface area contributed by atoms with Crippen LogP contribution in [-0.4, -0.2) is 67.8 Å². The van der Waals surface area contributed by atoms with Crippen molar-refractivity contribution in [1.29, 1.82) is 0 Å². The first-order valence-corrected chi connectivity index (χ1v) is 11.0. The van der Waals surface area contributed by atoms with Crippen LogP contribution in [-0.2, 0) is 0 Å². The van der Waals surface area contributed by atoms with Crippen molar-refractivity contribution >= 4 is 11.9 Å². The van der Waals surface area contributed by atoms with Gasteiger partial charge in [-0.3, -0.25) is 4.90 Å². The number of fused-ring (bicyclic) bond motifs is 2. The Labute approximate surface area is 176 Å². The first-order chi connectivity index (χ1) is 14.3. The van der Waals surface area contributed by atoms with Crippen LogP contribution in [0, 0.1) is 17.8 Å². The largest absolute Gasteiger partial charge is 0.389 e. The number of nitrogens with two attached hydrogens (primary N) is 1. The van der Waals surface area contributed by atoms with E-state index in [0.29, 0.717) is 23.8 Å². The lowest BCUT2D eigenvalue weighted by molar-refractivity contribution is 0.0398. The van der Waals surface area contributed by atoms with Gasteiger partial charge in [0, 0.05) is 56.1 Å². The minimum Gasteiger partial charge on any atom is -0.389 e. The normalized spacial score (nSPS) is 32.2. The third kappa shape index (κ3) is 3.13. The third-order valence-corrected chi connectivity index (χ3v) is 7.29. The number of piperidine rings is 1. The molecule has 30 heavy (non-hydrogen) atoms. The van der Waals surface area contributed by atoms with Gasteiger partial charge in [-0.2, -0.15) is 0 Å². The lowest BCUT2D eigenvalue weighted by atomic mass is 9.86. The average molecular weight is 408 g/mol. The first kappa shape index (κ1) is 18.4. The van der Waals surface area contributed by atoms with Crippen molar-refractivity contribution in [1.82, 2.24) is 24.8 Å². The minimum absolute atomic E-state index is 0.275. The quantitative estimate of drug-likeness (QED) is 0.769. The van der Waals surface area contributed by atoms with E-state index in [4.69, 9.17) is 15.7 Å². The Bertz CT molecular complexity index is 954. The van der Waals surface area contributed by atoms with Crippen LogP contribution in [0.1, 0.15) is 38.3 Å². The van der Waals surface area contributed by atoms with Crippen LogP contribution < -0.4 is 10.6 Å². The number of hydrogen-bond acceptors (Lipinski definition) is 8. The van der Waals surface area contributed by atoms with Crippen molar-refractivity contribution in [3.63, 3.8) is 0 Å². The van der Waals surface area contributed by atoms with Crippen molar-refractivity contribution in [2.24, 2.45) is 17.8 Å². The number of likely N-dealkylation sites (tertiary alicyclic amines) is 1. The monoisotopic (exact) mass is 407 g/mol. The number of β-amino-alcohol motifs (C(OH)–C–C–N with tert-alkyl or cyclic N) is 1. The molecule has 2 aliphatic carbocycles. The zero-order valence-electron chi connectivity index (χ0n) is 17.6. The molecule has 8 heteroatoms. The van der Waals surface area contributed by atoms with E-state index in [1.165, 1.54) is 12.8 Å². The maximum absolute atomic E-state index is 10.1. The standard InChI is InChI=1S/C22H29N7O/c1-22(2,30)11-28-9-15-16(10-28)19(15)18-5-17(13-6-24-20(23)25-7-13)26-21(27-18)29-8-12-3-14(29)4-12/h5-7,12,14-16,19,30H,3-4,8-11H2,1-2H3,(H2,23,24,25). The Balaban J connectivity index is 1.29. The van der Waals surface area contributed by atoms with Gasteiger partial charge in [0.25, 0.3) is 0 Å². The highest BCUT2D eigenvalue weighted by Crippen LogP contribution is 2.58. The van der Waals surface area contributed by atoms with Crippen LogP contribution in [0.15, 0.2) is 18.5 Å². The second kappa shape index (κ2) is 6.34. The fourth-order valence-corrected chi connectivity index (χ4v) is 5.88. The second-order valence-electron chi connectivity index (χ2n) is 10.3. The van der Waals surface area contributed by atoms with Crippen LogP contribution >= 0.6 is 0 Å². The maximum Gasteiger partial charge on any atom is 0.226 e. The highest BCUT2D eigenvalue weighted by Gasteiger charge is 2.57. The Morgan fingerprint density at radius 1 is 1.10 bits per heavy atom. The molecule has 2 aromatic heterocycles. The molecule has 0 radical (unpaired) electrons. The summed E-state index contributed by atoms with van der Waals surface area (Å²) < 4.78 is 0. The number of nitrogen functional groups attached to an aromatic ring is 1. The fraction of sp³-hybridized carbons (Fsp3) is 0.636. The summed E-state index contributed by atoms with van der Waals surface area (Å²) >= 11 is 0. The number of nitrogens with zero attached hydrogens (tertiary/aromatic N) is 6. The van der Waals surface area contributed by atoms with Crippen LogP contribution in [0.4, 0.5) is 11.9 Å². The SMILES string of the molecule is CC(C)(O)CN1CC2C(C1)C2c1cc(-c2cnc(N)nc2)nc(N2CC3CC2C3)n1. The van der Waals surface area contributed by atoms with E-state index in [0.717, 1.165) is 55.0 Å². The zero-order chi connectivity index (χ0) is 20.6. The van der Waals surface area contributed by atoms with Crippen molar-refractivity contribution in [3.8, 4) is 11.3 Å². The number of hydrogen-bond donors (Lipinski definition) is 2. The molecule has 0 spiro atoms. The molecule has 0 aromatic carbocycles. The van der Waals surface area contributed by atoms with Crippen molar-refractivity contribution in [3.05, 3.63) is 24.2 Å². The van der Waals surface area contributed by atoms with Crippen LogP contribution in [0.3, 0.4) is 0 Å². The van der Waals surface area contributed by atoms with E-state index in [9.17, 15) is 5.11 Å². The summed E-state index contributed by atoms with van der Waals surface area (Å²) in [6, 6.07) is 2.73. The summed E-state index contributed by atoms with van der Waals surface area (Å²) in [6.07, 6.45) is 6.05. The topological polar surface area (TPSA) is 104 Å². The van der Waals surface area contributed by atoms with Gasteiger partial charge in [-0.15, -0.1) is 0 Å². The molecule has 2 saturated carbocycles. The predicted octanol–water partition coefficient (Wildman–Crippen LogP) is 1.53. The molecule has 5 heterocycles. The molecule has 158 valence electrons. The van der Waals surface area contributed by atoms with Crippen molar-refractivity contribution in [2.75, 3.05) is 36.8 Å². The van der Waals surface area contributed by atoms with Gasteiger partial charge in [0.2, 0.25) is 11.9 Å². The number of aromatic nitrogens is 4. The van der Waals surface area contributed by atoms with E-state index in [1.54, 1.807) is 12.4 Å². The Morgan fingerprint density at radius 2 is 1.80 bits per heavy atom. The van der Waals surface area contributed by atoms with Gasteiger partial charge in [-0.1, -0.05) is 0 Å². The summed E-state index contributed by atoms with van der Waals surface area (Å²) in [5.41, 5.74) is 7.95. The number of aliphatic hydroxyl groups is 1. The molecule has 5 fully saturated rings. The van der Waals surface area contributed by atoms with Gasteiger partial charge >= 0.3 is 0 Å². The molecule has 8 nitrogen and oxygen atoms in total. The maximum atomic E-state index is 10.1. The van der Waals surface area contributed by atoms with E-state index in [2.05, 4.69) is 25.8 Å². The molecule has 7 rings (SSSR count). The third-order valence-electron chi connectivity index (χ3n) is 7.29. The van der Waals surface area contributed by atoms with Gasteiger partial charge in [0.05, 0.1) is 17.0 Å². The summed E-state index contributed by atoms with van der Waals surface area (Å²) in [5.74, 6) is 3.67. The highest BCUT2D eigenvalue weighted by molar-refractivity contribution is 5.61. The van der Waals surface area contributed by atoms with Crippen molar-refractivity contribution < 1.29 is 5.11 Å². The smallest absolute Gasteiger partial charge is 0.226 e. The highest BCUT2D eigenvalue weighted by atomic mass is 16.3. The molecular weight excluding hydrogens is 378 g/mol. The predicted molar refractivity (Wildman–Crippen MR) is 114 cm³/mol.